The second kappa shape index (κ2) is 11.3. The third-order valence-corrected chi connectivity index (χ3v) is 8.80. The SMILES string of the molecule is Cc1cc2nc(C3=CC(c4cnc5c(c4)OCCN5C)NC=C3)sc2c(-c2ccc(Cl)cc2)c1[C@H](OC(C)(C)C)C(=O)O. The number of nitrogens with one attached hydrogen (secondary N) is 1. The Hall–Kier alpha value is -3.92. The molecule has 2 atom stereocenters. The van der Waals surface area contributed by atoms with E-state index in [-0.39, 0.29) is 6.04 Å². The van der Waals surface area contributed by atoms with E-state index < -0.39 is 17.7 Å². The highest BCUT2D eigenvalue weighted by Gasteiger charge is 2.32. The van der Waals surface area contributed by atoms with Crippen molar-refractivity contribution in [2.45, 2.75) is 45.4 Å². The summed E-state index contributed by atoms with van der Waals surface area (Å²) >= 11 is 7.77. The summed E-state index contributed by atoms with van der Waals surface area (Å²) in [5, 5.41) is 15.2. The van der Waals surface area contributed by atoms with Crippen LogP contribution in [0, 0.1) is 6.92 Å². The first-order valence-corrected chi connectivity index (χ1v) is 15.3. The fraction of sp³-hybridized carbons (Fsp3) is 0.303. The molecule has 0 aliphatic carbocycles. The molecule has 4 aromatic rings. The number of thiazole rings is 1. The molecule has 2 aliphatic rings. The van der Waals surface area contributed by atoms with Crippen LogP contribution < -0.4 is 15.0 Å². The number of likely N-dealkylation sites (N-methyl/N-ethyl adjacent to an activating group) is 1. The first kappa shape index (κ1) is 29.2. The van der Waals surface area contributed by atoms with Gasteiger partial charge in [-0.15, -0.1) is 11.3 Å². The molecule has 2 aliphatic heterocycles. The molecule has 2 N–H and O–H groups in total. The number of fused-ring (bicyclic) bond motifs is 2. The number of pyridine rings is 1. The number of nitrogens with zero attached hydrogens (tertiary/aromatic N) is 3. The Labute approximate surface area is 259 Å². The van der Waals surface area contributed by atoms with Crippen molar-refractivity contribution >= 4 is 50.5 Å². The number of allylic oxidation sites excluding steroid dienone is 2. The van der Waals surface area contributed by atoms with Crippen LogP contribution in [0.2, 0.25) is 5.02 Å². The second-order valence-corrected chi connectivity index (χ2v) is 13.2. The number of carboxylic acid groups (broad SMARTS) is 1. The predicted octanol–water partition coefficient (Wildman–Crippen LogP) is 7.33. The van der Waals surface area contributed by atoms with Crippen LogP contribution in [0.1, 0.15) is 54.6 Å². The maximum Gasteiger partial charge on any atom is 0.337 e. The lowest BCUT2D eigenvalue weighted by atomic mass is 9.91. The molecule has 0 bridgehead atoms. The molecule has 0 saturated heterocycles. The number of aromatic nitrogens is 2. The Balaban J connectivity index is 1.47. The van der Waals surface area contributed by atoms with Crippen molar-refractivity contribution in [2.75, 3.05) is 25.1 Å². The Morgan fingerprint density at radius 1 is 1.26 bits per heavy atom. The van der Waals surface area contributed by atoms with Crippen molar-refractivity contribution in [3.05, 3.63) is 87.7 Å². The van der Waals surface area contributed by atoms with Gasteiger partial charge in [0.05, 0.1) is 28.4 Å². The minimum atomic E-state index is -1.17. The van der Waals surface area contributed by atoms with E-state index in [4.69, 9.17) is 26.1 Å². The summed E-state index contributed by atoms with van der Waals surface area (Å²) in [4.78, 5) is 24.4. The number of hydrogen-bond donors (Lipinski definition) is 2. The van der Waals surface area contributed by atoms with Crippen molar-refractivity contribution in [3.8, 4) is 16.9 Å². The van der Waals surface area contributed by atoms with E-state index >= 15 is 0 Å². The van der Waals surface area contributed by atoms with Crippen LogP contribution in [0.25, 0.3) is 26.9 Å². The molecule has 10 heteroatoms. The number of ether oxygens (including phenoxy) is 2. The highest BCUT2D eigenvalue weighted by molar-refractivity contribution is 7.20. The molecule has 4 heterocycles. The standard InChI is InChI=1S/C33H33ClN4O4S/c1-18-14-24-29(27(19-6-8-22(34)9-7-19)26(18)28(32(39)40)42-33(2,3)4)43-31(37-24)20-10-11-35-23(15-20)21-16-25-30(36-17-21)38(5)12-13-41-25/h6-11,14-17,23,28,35H,12-13H2,1-5H3,(H,39,40)/t23?,28-/m0/s1. The van der Waals surface area contributed by atoms with E-state index in [1.165, 1.54) is 11.3 Å². The first-order valence-electron chi connectivity index (χ1n) is 14.1. The van der Waals surface area contributed by atoms with E-state index in [2.05, 4.69) is 21.3 Å². The first-order chi connectivity index (χ1) is 20.5. The molecule has 0 saturated carbocycles. The summed E-state index contributed by atoms with van der Waals surface area (Å²) < 4.78 is 12.9. The van der Waals surface area contributed by atoms with Crippen LogP contribution in [-0.4, -0.2) is 46.8 Å². The molecule has 6 rings (SSSR count). The highest BCUT2D eigenvalue weighted by atomic mass is 35.5. The molecule has 2 aromatic carbocycles. The van der Waals surface area contributed by atoms with Gasteiger partial charge in [-0.3, -0.25) is 0 Å². The number of hydrogen-bond acceptors (Lipinski definition) is 8. The number of anilines is 1. The maximum atomic E-state index is 12.6. The molecule has 1 unspecified atom stereocenters. The molecule has 0 spiro atoms. The summed E-state index contributed by atoms with van der Waals surface area (Å²) in [6.45, 7) is 8.92. The van der Waals surface area contributed by atoms with Crippen molar-refractivity contribution in [3.63, 3.8) is 0 Å². The van der Waals surface area contributed by atoms with E-state index in [1.807, 2.05) is 89.6 Å². The summed E-state index contributed by atoms with van der Waals surface area (Å²) in [7, 11) is 2.01. The zero-order valence-corrected chi connectivity index (χ0v) is 26.2. The number of carbonyl (C=O) groups is 1. The van der Waals surface area contributed by atoms with Crippen LogP contribution in [0.15, 0.2) is 60.9 Å². The van der Waals surface area contributed by atoms with Gasteiger partial charge in [0.25, 0.3) is 0 Å². The molecule has 2 aromatic heterocycles. The number of aryl methyl sites for hydroxylation is 1. The Morgan fingerprint density at radius 3 is 2.74 bits per heavy atom. The predicted molar refractivity (Wildman–Crippen MR) is 172 cm³/mol. The molecular formula is C33H33ClN4O4S. The molecule has 222 valence electrons. The largest absolute Gasteiger partial charge is 0.488 e. The topological polar surface area (TPSA) is 96.8 Å². The van der Waals surface area contributed by atoms with Crippen LogP contribution in [0.3, 0.4) is 0 Å². The van der Waals surface area contributed by atoms with Gasteiger partial charge in [-0.1, -0.05) is 23.7 Å². The average molecular weight is 617 g/mol. The molecule has 0 radical (unpaired) electrons. The number of rotatable bonds is 6. The van der Waals surface area contributed by atoms with Gasteiger partial charge in [0.1, 0.15) is 11.6 Å². The third kappa shape index (κ3) is 5.85. The van der Waals surface area contributed by atoms with E-state index in [0.717, 1.165) is 61.2 Å². The molecule has 8 nitrogen and oxygen atoms in total. The maximum absolute atomic E-state index is 12.6. The fourth-order valence-corrected chi connectivity index (χ4v) is 6.69. The van der Waals surface area contributed by atoms with Gasteiger partial charge < -0.3 is 24.8 Å². The van der Waals surface area contributed by atoms with Crippen molar-refractivity contribution in [1.82, 2.24) is 15.3 Å². The van der Waals surface area contributed by atoms with Crippen LogP contribution in [-0.2, 0) is 9.53 Å². The Bertz CT molecular complexity index is 1770. The molecule has 43 heavy (non-hydrogen) atoms. The Morgan fingerprint density at radius 2 is 2.02 bits per heavy atom. The van der Waals surface area contributed by atoms with Crippen molar-refractivity contribution in [1.29, 1.82) is 0 Å². The van der Waals surface area contributed by atoms with Gasteiger partial charge in [0, 0.05) is 40.5 Å². The van der Waals surface area contributed by atoms with Gasteiger partial charge in [-0.2, -0.15) is 0 Å². The number of dihydropyridines is 1. The van der Waals surface area contributed by atoms with Gasteiger partial charge in [0.2, 0.25) is 0 Å². The van der Waals surface area contributed by atoms with E-state index in [1.54, 1.807) is 0 Å². The zero-order chi connectivity index (χ0) is 30.5. The minimum absolute atomic E-state index is 0.120. The van der Waals surface area contributed by atoms with Crippen LogP contribution in [0.5, 0.6) is 5.75 Å². The lowest BCUT2D eigenvalue weighted by Crippen LogP contribution is -2.30. The monoisotopic (exact) mass is 616 g/mol. The van der Waals surface area contributed by atoms with Gasteiger partial charge in [-0.25, -0.2) is 14.8 Å². The van der Waals surface area contributed by atoms with Gasteiger partial charge in [0.15, 0.2) is 17.7 Å². The number of benzene rings is 2. The Kier molecular flexibility index (Phi) is 7.66. The average Bonchev–Trinajstić information content (AvgIpc) is 3.39. The minimum Gasteiger partial charge on any atom is -0.488 e. The van der Waals surface area contributed by atoms with Crippen LogP contribution >= 0.6 is 22.9 Å². The third-order valence-electron chi connectivity index (χ3n) is 7.41. The lowest BCUT2D eigenvalue weighted by molar-refractivity contribution is -0.160. The van der Waals surface area contributed by atoms with E-state index in [9.17, 15) is 9.90 Å². The number of halogens is 1. The van der Waals surface area contributed by atoms with E-state index in [0.29, 0.717) is 17.2 Å². The smallest absolute Gasteiger partial charge is 0.337 e. The van der Waals surface area contributed by atoms with Crippen LogP contribution in [0.4, 0.5) is 5.82 Å². The van der Waals surface area contributed by atoms with Crippen molar-refractivity contribution < 1.29 is 19.4 Å². The quantitative estimate of drug-likeness (QED) is 0.232. The highest BCUT2D eigenvalue weighted by Crippen LogP contribution is 2.44. The summed E-state index contributed by atoms with van der Waals surface area (Å²) in [5.41, 5.74) is 5.12. The van der Waals surface area contributed by atoms with Gasteiger partial charge in [-0.05, 0) is 81.4 Å². The number of aliphatic carboxylic acids is 1. The fourth-order valence-electron chi connectivity index (χ4n) is 5.44. The normalized spacial score (nSPS) is 17.2. The lowest BCUT2D eigenvalue weighted by Gasteiger charge is -2.28. The van der Waals surface area contributed by atoms with Gasteiger partial charge >= 0.3 is 5.97 Å². The molecule has 0 fully saturated rings. The molecular weight excluding hydrogens is 584 g/mol. The number of carboxylic acids is 1. The molecule has 0 amide bonds. The summed E-state index contributed by atoms with van der Waals surface area (Å²) in [6.07, 6.45) is 6.77. The van der Waals surface area contributed by atoms with Crippen molar-refractivity contribution in [2.24, 2.45) is 0 Å². The summed E-state index contributed by atoms with van der Waals surface area (Å²) in [5.74, 6) is 0.573. The second-order valence-electron chi connectivity index (χ2n) is 11.8. The summed E-state index contributed by atoms with van der Waals surface area (Å²) in [6, 6.07) is 11.3. The zero-order valence-electron chi connectivity index (χ0n) is 24.6.